The molecule has 6 rings (SSSR count). The van der Waals surface area contributed by atoms with E-state index < -0.39 is 0 Å². The fourth-order valence-corrected chi connectivity index (χ4v) is 5.84. The molecule has 0 saturated heterocycles. The van der Waals surface area contributed by atoms with Gasteiger partial charge >= 0.3 is 0 Å². The Morgan fingerprint density at radius 2 is 1.05 bits per heavy atom. The molecule has 0 atom stereocenters. The summed E-state index contributed by atoms with van der Waals surface area (Å²) in [4.78, 5) is 32.2. The van der Waals surface area contributed by atoms with E-state index in [9.17, 15) is 9.59 Å². The molecule has 0 unspecified atom stereocenters. The van der Waals surface area contributed by atoms with Crippen LogP contribution in [0, 0.1) is 0 Å². The van der Waals surface area contributed by atoms with Gasteiger partial charge in [0.15, 0.2) is 21.8 Å². The predicted octanol–water partition coefficient (Wildman–Crippen LogP) is 8.02. The van der Waals surface area contributed by atoms with Crippen LogP contribution in [0.4, 0.5) is 10.3 Å². The van der Waals surface area contributed by atoms with Crippen LogP contribution in [-0.2, 0) is 26.7 Å². The number of fused-ring (bicyclic) bond motifs is 2. The van der Waals surface area contributed by atoms with Crippen LogP contribution in [0.3, 0.4) is 0 Å². The van der Waals surface area contributed by atoms with Gasteiger partial charge in [-0.15, -0.1) is 0 Å². The van der Waals surface area contributed by atoms with Crippen LogP contribution in [0.5, 0.6) is 0 Å². The first kappa shape index (κ1) is 29.1. The van der Waals surface area contributed by atoms with Gasteiger partial charge in [0.25, 0.3) is 0 Å². The van der Waals surface area contributed by atoms with E-state index in [1.807, 2.05) is 48.5 Å². The molecular weight excluding hydrogens is 712 g/mol. The summed E-state index contributed by atoms with van der Waals surface area (Å²) in [5.74, 6) is -0.0337. The normalized spacial score (nSPS) is 16.6. The quantitative estimate of drug-likeness (QED) is 0.164. The number of aromatic nitrogens is 2. The van der Waals surface area contributed by atoms with E-state index in [2.05, 4.69) is 52.5 Å². The van der Waals surface area contributed by atoms with E-state index >= 15 is 0 Å². The number of hydrogen-bond donors (Lipinski definition) is 2. The molecule has 6 nitrogen and oxygen atoms in total. The molecule has 0 fully saturated rings. The first-order valence-corrected chi connectivity index (χ1v) is 14.5. The molecule has 0 spiro atoms. The van der Waals surface area contributed by atoms with Crippen LogP contribution in [0.2, 0.25) is 0 Å². The summed E-state index contributed by atoms with van der Waals surface area (Å²) in [6, 6.07) is 15.9. The minimum absolute atomic E-state index is 0. The number of benzene rings is 2. The first-order valence-electron chi connectivity index (χ1n) is 11.3. The zero-order valence-electron chi connectivity index (χ0n) is 19.8. The van der Waals surface area contributed by atoms with Crippen molar-refractivity contribution in [2.45, 2.75) is 0 Å². The standard InChI is InChI=1S/2C14H9BrN2OS.Cu/c2*15-10-5-6-12(18)9(7-10)8-16-14-17-11-3-1-2-4-13(11)19-14;/h2*1-8H,(H,16,17);. The van der Waals surface area contributed by atoms with E-state index in [1.54, 1.807) is 59.4 Å². The third kappa shape index (κ3) is 7.60. The van der Waals surface area contributed by atoms with E-state index in [1.165, 1.54) is 12.2 Å². The van der Waals surface area contributed by atoms with Gasteiger partial charge in [0.1, 0.15) is 0 Å². The SMILES string of the molecule is O=C1C=CC(Br)=CC1=CNc1nc2ccccc2s1.O=C1C=CC(Br)=CC1=CNc1nc2ccccc2s1.[Cu]. The summed E-state index contributed by atoms with van der Waals surface area (Å²) >= 11 is 9.82. The van der Waals surface area contributed by atoms with Crippen LogP contribution in [0.1, 0.15) is 0 Å². The molecule has 2 N–H and O–H groups in total. The summed E-state index contributed by atoms with van der Waals surface area (Å²) in [6.07, 6.45) is 13.5. The minimum atomic E-state index is -0.0168. The van der Waals surface area contributed by atoms with Gasteiger partial charge in [0, 0.05) is 49.6 Å². The molecule has 0 saturated carbocycles. The number of anilines is 2. The molecule has 2 aromatic heterocycles. The van der Waals surface area contributed by atoms with Gasteiger partial charge in [0.2, 0.25) is 0 Å². The third-order valence-corrected chi connectivity index (χ3v) is 8.16. The topological polar surface area (TPSA) is 84.0 Å². The minimum Gasteiger partial charge on any atom is -0.337 e. The van der Waals surface area contributed by atoms with Crippen LogP contribution in [0.15, 0.2) is 117 Å². The van der Waals surface area contributed by atoms with Gasteiger partial charge in [-0.1, -0.05) is 78.8 Å². The second-order valence-corrected chi connectivity index (χ2v) is 11.8. The van der Waals surface area contributed by atoms with Gasteiger partial charge in [0.05, 0.1) is 20.4 Å². The smallest absolute Gasteiger partial charge is 0.187 e. The Morgan fingerprint density at radius 1 is 0.641 bits per heavy atom. The molecular formula is C28H18Br2CuN4O2S2. The van der Waals surface area contributed by atoms with Crippen molar-refractivity contribution in [1.29, 1.82) is 0 Å². The molecule has 2 aliphatic rings. The van der Waals surface area contributed by atoms with Crippen molar-refractivity contribution in [3.8, 4) is 0 Å². The number of allylic oxidation sites excluding steroid dienone is 10. The number of carbonyl (C=O) groups is 2. The molecule has 2 aliphatic carbocycles. The average Bonchev–Trinajstić information content (AvgIpc) is 3.53. The number of thiazole rings is 2. The Hall–Kier alpha value is -2.92. The van der Waals surface area contributed by atoms with Crippen molar-refractivity contribution in [2.24, 2.45) is 0 Å². The van der Waals surface area contributed by atoms with Crippen LogP contribution < -0.4 is 10.6 Å². The Labute approximate surface area is 259 Å². The summed E-state index contributed by atoms with van der Waals surface area (Å²) in [7, 11) is 0. The van der Waals surface area contributed by atoms with Gasteiger partial charge < -0.3 is 10.6 Å². The second kappa shape index (κ2) is 13.4. The largest absolute Gasteiger partial charge is 0.337 e. The summed E-state index contributed by atoms with van der Waals surface area (Å²) in [5, 5.41) is 7.72. The van der Waals surface area contributed by atoms with Crippen molar-refractivity contribution in [3.05, 3.63) is 117 Å². The molecule has 11 heteroatoms. The Kier molecular flexibility index (Phi) is 10.0. The Bertz CT molecular complexity index is 1550. The van der Waals surface area contributed by atoms with Gasteiger partial charge in [-0.05, 0) is 60.7 Å². The summed E-state index contributed by atoms with van der Waals surface area (Å²) in [5.41, 5.74) is 3.13. The van der Waals surface area contributed by atoms with Crippen molar-refractivity contribution in [1.82, 2.24) is 9.97 Å². The van der Waals surface area contributed by atoms with E-state index in [0.717, 1.165) is 39.7 Å². The fraction of sp³-hybridized carbons (Fsp3) is 0. The molecule has 4 aromatic rings. The van der Waals surface area contributed by atoms with Gasteiger partial charge in [-0.25, -0.2) is 9.97 Å². The first-order chi connectivity index (χ1) is 18.4. The molecule has 2 aromatic carbocycles. The molecule has 2 heterocycles. The molecule has 199 valence electrons. The van der Waals surface area contributed by atoms with Gasteiger partial charge in [-0.2, -0.15) is 0 Å². The van der Waals surface area contributed by atoms with E-state index in [4.69, 9.17) is 0 Å². The molecule has 0 aliphatic heterocycles. The predicted molar refractivity (Wildman–Crippen MR) is 165 cm³/mol. The number of rotatable bonds is 4. The average molecular weight is 730 g/mol. The number of carbonyl (C=O) groups excluding carboxylic acids is 2. The maximum atomic E-state index is 11.7. The molecule has 39 heavy (non-hydrogen) atoms. The molecule has 0 amide bonds. The van der Waals surface area contributed by atoms with Gasteiger partial charge in [-0.3, -0.25) is 9.59 Å². The summed E-state index contributed by atoms with van der Waals surface area (Å²) < 4.78 is 4.00. The number of para-hydroxylation sites is 2. The zero-order valence-corrected chi connectivity index (χ0v) is 25.6. The molecule has 0 bridgehead atoms. The number of hydrogen-bond acceptors (Lipinski definition) is 8. The Morgan fingerprint density at radius 3 is 1.46 bits per heavy atom. The Balaban J connectivity index is 0.000000176. The maximum Gasteiger partial charge on any atom is 0.187 e. The van der Waals surface area contributed by atoms with Crippen LogP contribution in [-0.4, -0.2) is 21.5 Å². The number of halogens is 2. The van der Waals surface area contributed by atoms with Crippen molar-refractivity contribution < 1.29 is 26.7 Å². The molecule has 1 radical (unpaired) electrons. The fourth-order valence-electron chi connectivity index (χ4n) is 3.41. The van der Waals surface area contributed by atoms with Crippen molar-refractivity contribution in [2.75, 3.05) is 10.6 Å². The zero-order chi connectivity index (χ0) is 26.5. The van der Waals surface area contributed by atoms with Crippen LogP contribution in [0.25, 0.3) is 20.4 Å². The second-order valence-electron chi connectivity index (χ2n) is 7.92. The third-order valence-electron chi connectivity index (χ3n) is 5.23. The maximum absolute atomic E-state index is 11.7. The number of nitrogens with zero attached hydrogens (tertiary/aromatic N) is 2. The van der Waals surface area contributed by atoms with Crippen molar-refractivity contribution in [3.63, 3.8) is 0 Å². The van der Waals surface area contributed by atoms with E-state index in [-0.39, 0.29) is 28.6 Å². The summed E-state index contributed by atoms with van der Waals surface area (Å²) in [6.45, 7) is 0. The number of nitrogens with one attached hydrogen (secondary N) is 2. The van der Waals surface area contributed by atoms with E-state index in [0.29, 0.717) is 11.1 Å². The number of ketones is 2. The van der Waals surface area contributed by atoms with Crippen molar-refractivity contribution >= 4 is 96.8 Å². The monoisotopic (exact) mass is 727 g/mol. The van der Waals surface area contributed by atoms with Crippen LogP contribution >= 0.6 is 54.5 Å².